The zero-order valence-electron chi connectivity index (χ0n) is 20.2. The van der Waals surface area contributed by atoms with Gasteiger partial charge in [0.1, 0.15) is 11.5 Å². The molecule has 2 radical (unpaired) electrons. The largest absolute Gasteiger partial charge is 0.426 e. The SMILES string of the molecule is Cc1ccc2ccc3ccc(C)nc3c2n1.O=C([CH][CH]C(=O)Oc1ccccc1)Oc1ccccc1.[Pt]. The number of hydrogen-bond donors (Lipinski definition) is 0. The third kappa shape index (κ3) is 8.06. The van der Waals surface area contributed by atoms with Crippen LogP contribution in [0.1, 0.15) is 11.4 Å². The first kappa shape index (κ1) is 27.7. The predicted molar refractivity (Wildman–Crippen MR) is 139 cm³/mol. The summed E-state index contributed by atoms with van der Waals surface area (Å²) in [6.45, 7) is 4.02. The van der Waals surface area contributed by atoms with Gasteiger partial charge in [0.15, 0.2) is 0 Å². The van der Waals surface area contributed by atoms with Crippen LogP contribution in [0.15, 0.2) is 97.1 Å². The molecule has 7 heteroatoms. The van der Waals surface area contributed by atoms with E-state index in [-0.39, 0.29) is 21.1 Å². The van der Waals surface area contributed by atoms with Gasteiger partial charge in [-0.3, -0.25) is 19.6 Å². The van der Waals surface area contributed by atoms with Crippen LogP contribution in [0.5, 0.6) is 11.5 Å². The van der Waals surface area contributed by atoms with Gasteiger partial charge >= 0.3 is 11.9 Å². The zero-order valence-corrected chi connectivity index (χ0v) is 22.5. The predicted octanol–water partition coefficient (Wildman–Crippen LogP) is 6.00. The van der Waals surface area contributed by atoms with Crippen molar-refractivity contribution in [2.24, 2.45) is 0 Å². The number of nitrogens with zero attached hydrogens (tertiary/aromatic N) is 2. The van der Waals surface area contributed by atoms with E-state index >= 15 is 0 Å². The Balaban J connectivity index is 0.000000204. The van der Waals surface area contributed by atoms with Crippen molar-refractivity contribution in [2.45, 2.75) is 13.8 Å². The molecule has 0 bridgehead atoms. The van der Waals surface area contributed by atoms with E-state index in [0.29, 0.717) is 11.5 Å². The fraction of sp³-hybridized carbons (Fsp3) is 0.0667. The second-order valence-corrected chi connectivity index (χ2v) is 7.92. The van der Waals surface area contributed by atoms with E-state index in [1.807, 2.05) is 38.1 Å². The van der Waals surface area contributed by atoms with Crippen molar-refractivity contribution in [1.29, 1.82) is 0 Å². The first-order valence-corrected chi connectivity index (χ1v) is 11.3. The average molecular weight is 672 g/mol. The zero-order chi connectivity index (χ0) is 25.3. The fourth-order valence-corrected chi connectivity index (χ4v) is 3.38. The van der Waals surface area contributed by atoms with Gasteiger partial charge in [-0.2, -0.15) is 0 Å². The molecule has 188 valence electrons. The minimum Gasteiger partial charge on any atom is -0.426 e. The molecule has 6 nitrogen and oxygen atoms in total. The molecule has 2 aromatic heterocycles. The van der Waals surface area contributed by atoms with E-state index < -0.39 is 11.9 Å². The van der Waals surface area contributed by atoms with Gasteiger partial charge in [0, 0.05) is 43.2 Å². The maximum absolute atomic E-state index is 11.5. The van der Waals surface area contributed by atoms with Crippen molar-refractivity contribution in [3.63, 3.8) is 0 Å². The Morgan fingerprint density at radius 1 is 0.568 bits per heavy atom. The Labute approximate surface area is 229 Å². The number of para-hydroxylation sites is 2. The smallest absolute Gasteiger partial charge is 0.316 e. The Morgan fingerprint density at radius 2 is 0.919 bits per heavy atom. The van der Waals surface area contributed by atoms with Gasteiger partial charge in [-0.15, -0.1) is 0 Å². The van der Waals surface area contributed by atoms with Crippen LogP contribution in [-0.4, -0.2) is 21.9 Å². The van der Waals surface area contributed by atoms with Gasteiger partial charge in [-0.05, 0) is 50.2 Å². The molecule has 0 fully saturated rings. The maximum atomic E-state index is 11.5. The van der Waals surface area contributed by atoms with Gasteiger partial charge in [0.2, 0.25) is 0 Å². The Kier molecular flexibility index (Phi) is 10.0. The van der Waals surface area contributed by atoms with E-state index in [0.717, 1.165) is 46.0 Å². The summed E-state index contributed by atoms with van der Waals surface area (Å²) in [4.78, 5) is 32.1. The van der Waals surface area contributed by atoms with Gasteiger partial charge < -0.3 is 9.47 Å². The first-order chi connectivity index (χ1) is 17.5. The summed E-state index contributed by atoms with van der Waals surface area (Å²) in [6.07, 6.45) is 2.05. The number of pyridine rings is 2. The molecule has 0 spiro atoms. The molecule has 0 aliphatic carbocycles. The summed E-state index contributed by atoms with van der Waals surface area (Å²) in [5, 5.41) is 2.30. The summed E-state index contributed by atoms with van der Waals surface area (Å²) in [6, 6.07) is 29.6. The molecule has 5 rings (SSSR count). The number of aryl methyl sites for hydroxylation is 2. The van der Waals surface area contributed by atoms with Crippen molar-refractivity contribution in [3.8, 4) is 11.5 Å². The fourth-order valence-electron chi connectivity index (χ4n) is 3.38. The number of carbonyl (C=O) groups excluding carboxylic acids is 2. The molecule has 0 amide bonds. The molecule has 0 unspecified atom stereocenters. The van der Waals surface area contributed by atoms with Crippen molar-refractivity contribution in [1.82, 2.24) is 9.97 Å². The molecule has 0 aliphatic heterocycles. The van der Waals surface area contributed by atoms with E-state index in [1.54, 1.807) is 48.5 Å². The molecule has 0 saturated carbocycles. The standard InChI is InChI=1S/C16H12O4.C14H12N2.Pt/c17-15(19-13-7-3-1-4-8-13)11-12-16(18)20-14-9-5-2-6-10-14;1-9-3-5-11-7-8-12-6-4-10(2)16-14(12)13(11)15-9;/h1-12H;3-8H,1-2H3;. The summed E-state index contributed by atoms with van der Waals surface area (Å²) >= 11 is 0. The molecule has 37 heavy (non-hydrogen) atoms. The molecule has 0 N–H and O–H groups in total. The van der Waals surface area contributed by atoms with Crippen LogP contribution < -0.4 is 9.47 Å². The first-order valence-electron chi connectivity index (χ1n) is 11.3. The van der Waals surface area contributed by atoms with Gasteiger partial charge in [0.05, 0.1) is 23.9 Å². The second-order valence-electron chi connectivity index (χ2n) is 7.92. The van der Waals surface area contributed by atoms with E-state index in [4.69, 9.17) is 9.47 Å². The van der Waals surface area contributed by atoms with Crippen LogP contribution in [0.4, 0.5) is 0 Å². The second kappa shape index (κ2) is 13.4. The van der Waals surface area contributed by atoms with Crippen molar-refractivity contribution >= 4 is 33.7 Å². The summed E-state index contributed by atoms with van der Waals surface area (Å²) in [5.74, 6) is -0.445. The number of benzene rings is 3. The normalized spacial score (nSPS) is 10.1. The number of hydrogen-bond acceptors (Lipinski definition) is 6. The number of ether oxygens (including phenoxy) is 2. The molecule has 0 aliphatic rings. The molecule has 3 aromatic carbocycles. The molecule has 2 heterocycles. The van der Waals surface area contributed by atoms with Crippen LogP contribution in [0.3, 0.4) is 0 Å². The van der Waals surface area contributed by atoms with Crippen molar-refractivity contribution in [3.05, 3.63) is 121 Å². The Bertz CT molecular complexity index is 1380. The van der Waals surface area contributed by atoms with Gasteiger partial charge in [-0.25, -0.2) is 0 Å². The quantitative estimate of drug-likeness (QED) is 0.130. The van der Waals surface area contributed by atoms with Gasteiger partial charge in [-0.1, -0.05) is 60.7 Å². The van der Waals surface area contributed by atoms with E-state index in [2.05, 4.69) is 34.2 Å². The van der Waals surface area contributed by atoms with Crippen LogP contribution in [0, 0.1) is 26.7 Å². The van der Waals surface area contributed by atoms with Crippen LogP contribution in [-0.2, 0) is 30.7 Å². The Morgan fingerprint density at radius 3 is 1.30 bits per heavy atom. The van der Waals surface area contributed by atoms with Crippen molar-refractivity contribution in [2.75, 3.05) is 0 Å². The third-order valence-electron chi connectivity index (χ3n) is 5.08. The Hall–Kier alpha value is -3.89. The average Bonchev–Trinajstić information content (AvgIpc) is 2.89. The molecular formula is C30H24N2O4Pt. The monoisotopic (exact) mass is 671 g/mol. The van der Waals surface area contributed by atoms with Crippen LogP contribution in [0.2, 0.25) is 0 Å². The minimum absolute atomic E-state index is 0. The maximum Gasteiger partial charge on any atom is 0.316 e. The molecule has 0 atom stereocenters. The van der Waals surface area contributed by atoms with Crippen molar-refractivity contribution < 1.29 is 40.1 Å². The third-order valence-corrected chi connectivity index (χ3v) is 5.08. The number of aromatic nitrogens is 2. The summed E-state index contributed by atoms with van der Waals surface area (Å²) < 4.78 is 9.96. The van der Waals surface area contributed by atoms with Crippen LogP contribution >= 0.6 is 0 Å². The van der Waals surface area contributed by atoms with Crippen LogP contribution in [0.25, 0.3) is 21.8 Å². The van der Waals surface area contributed by atoms with Gasteiger partial charge in [0.25, 0.3) is 0 Å². The number of carbonyl (C=O) groups is 2. The number of esters is 2. The molecular weight excluding hydrogens is 647 g/mol. The number of rotatable bonds is 5. The minimum atomic E-state index is -0.638. The molecule has 0 saturated heterocycles. The summed E-state index contributed by atoms with van der Waals surface area (Å²) in [7, 11) is 0. The number of fused-ring (bicyclic) bond motifs is 3. The van der Waals surface area contributed by atoms with E-state index in [9.17, 15) is 9.59 Å². The topological polar surface area (TPSA) is 78.4 Å². The van der Waals surface area contributed by atoms with E-state index in [1.165, 1.54) is 0 Å². The molecule has 5 aromatic rings. The summed E-state index contributed by atoms with van der Waals surface area (Å²) in [5.41, 5.74) is 4.06.